The number of para-hydroxylation sites is 1. The van der Waals surface area contributed by atoms with Gasteiger partial charge in [-0.15, -0.1) is 10.2 Å². The van der Waals surface area contributed by atoms with Crippen LogP contribution in [-0.2, 0) is 17.9 Å². The van der Waals surface area contributed by atoms with Crippen molar-refractivity contribution in [1.29, 1.82) is 0 Å². The molecule has 0 saturated carbocycles. The number of ether oxygens (including phenoxy) is 2. The number of hydrogen-bond donors (Lipinski definition) is 0. The second kappa shape index (κ2) is 10.1. The van der Waals surface area contributed by atoms with Gasteiger partial charge in [0.25, 0.3) is 0 Å². The van der Waals surface area contributed by atoms with E-state index >= 15 is 0 Å². The van der Waals surface area contributed by atoms with Crippen molar-refractivity contribution in [2.75, 3.05) is 19.5 Å². The van der Waals surface area contributed by atoms with Crippen LogP contribution in [0.5, 0.6) is 5.75 Å². The minimum absolute atomic E-state index is 0.341. The first-order valence-electron chi connectivity index (χ1n) is 9.14. The van der Waals surface area contributed by atoms with Crippen molar-refractivity contribution in [1.82, 2.24) is 14.8 Å². The summed E-state index contributed by atoms with van der Waals surface area (Å²) in [6, 6.07) is 18.3. The van der Waals surface area contributed by atoms with Gasteiger partial charge in [0.05, 0.1) is 6.61 Å². The molecule has 5 nitrogen and oxygen atoms in total. The zero-order valence-electron chi connectivity index (χ0n) is 16.3. The number of benzene rings is 2. The van der Waals surface area contributed by atoms with Crippen LogP contribution in [0.15, 0.2) is 71.9 Å². The molecule has 1 aromatic heterocycles. The predicted octanol–water partition coefficient (Wildman–Crippen LogP) is 4.84. The van der Waals surface area contributed by atoms with Crippen molar-refractivity contribution in [2.45, 2.75) is 25.2 Å². The second-order valence-corrected chi connectivity index (χ2v) is 7.38. The SMILES string of the molecule is C=C(C)CSc1nnc(COc2ccccc2-c2ccccc2)n1CCOC. The summed E-state index contributed by atoms with van der Waals surface area (Å²) in [5.41, 5.74) is 3.28. The molecule has 0 saturated heterocycles. The molecule has 146 valence electrons. The molecule has 0 bridgehead atoms. The van der Waals surface area contributed by atoms with Gasteiger partial charge in [0, 0.05) is 25.0 Å². The molecule has 0 N–H and O–H groups in total. The average molecular weight is 396 g/mol. The molecule has 3 aromatic rings. The van der Waals surface area contributed by atoms with Crippen LogP contribution >= 0.6 is 11.8 Å². The molecular formula is C22H25N3O2S. The van der Waals surface area contributed by atoms with Gasteiger partial charge in [-0.1, -0.05) is 72.4 Å². The van der Waals surface area contributed by atoms with Crippen LogP contribution in [0, 0.1) is 0 Å². The molecule has 0 radical (unpaired) electrons. The summed E-state index contributed by atoms with van der Waals surface area (Å²) in [5, 5.41) is 9.54. The molecule has 0 unspecified atom stereocenters. The fourth-order valence-corrected chi connectivity index (χ4v) is 3.55. The van der Waals surface area contributed by atoms with E-state index in [1.54, 1.807) is 18.9 Å². The molecule has 0 aliphatic carbocycles. The third-order valence-electron chi connectivity index (χ3n) is 4.09. The van der Waals surface area contributed by atoms with Gasteiger partial charge in [-0.25, -0.2) is 0 Å². The lowest BCUT2D eigenvalue weighted by Gasteiger charge is -2.13. The maximum Gasteiger partial charge on any atom is 0.191 e. The number of rotatable bonds is 10. The number of thioether (sulfide) groups is 1. The molecule has 2 aromatic carbocycles. The summed E-state index contributed by atoms with van der Waals surface area (Å²) in [7, 11) is 1.69. The van der Waals surface area contributed by atoms with Crippen molar-refractivity contribution in [3.05, 3.63) is 72.6 Å². The minimum Gasteiger partial charge on any atom is -0.485 e. The summed E-state index contributed by atoms with van der Waals surface area (Å²) in [5.74, 6) is 2.42. The van der Waals surface area contributed by atoms with Gasteiger partial charge in [-0.05, 0) is 18.6 Å². The molecule has 0 aliphatic rings. The lowest BCUT2D eigenvalue weighted by atomic mass is 10.1. The molecule has 28 heavy (non-hydrogen) atoms. The van der Waals surface area contributed by atoms with Gasteiger partial charge in [0.15, 0.2) is 11.0 Å². The Hall–Kier alpha value is -2.57. The Morgan fingerprint density at radius 1 is 1.07 bits per heavy atom. The van der Waals surface area contributed by atoms with Crippen molar-refractivity contribution in [2.24, 2.45) is 0 Å². The maximum absolute atomic E-state index is 6.15. The smallest absolute Gasteiger partial charge is 0.191 e. The van der Waals surface area contributed by atoms with E-state index in [1.165, 1.54) is 0 Å². The first-order valence-corrected chi connectivity index (χ1v) is 10.1. The summed E-state index contributed by atoms with van der Waals surface area (Å²) in [6.45, 7) is 7.58. The van der Waals surface area contributed by atoms with E-state index in [9.17, 15) is 0 Å². The highest BCUT2D eigenvalue weighted by Crippen LogP contribution is 2.30. The number of methoxy groups -OCH3 is 1. The quantitative estimate of drug-likeness (QED) is 0.363. The normalized spacial score (nSPS) is 10.8. The van der Waals surface area contributed by atoms with Gasteiger partial charge in [-0.2, -0.15) is 0 Å². The maximum atomic E-state index is 6.15. The van der Waals surface area contributed by atoms with Gasteiger partial charge in [0.1, 0.15) is 12.4 Å². The fourth-order valence-electron chi connectivity index (χ4n) is 2.72. The van der Waals surface area contributed by atoms with Crippen LogP contribution in [0.1, 0.15) is 12.7 Å². The average Bonchev–Trinajstić information content (AvgIpc) is 3.11. The molecule has 6 heteroatoms. The summed E-state index contributed by atoms with van der Waals surface area (Å²) < 4.78 is 13.5. The predicted molar refractivity (Wildman–Crippen MR) is 114 cm³/mol. The van der Waals surface area contributed by atoms with E-state index in [-0.39, 0.29) is 0 Å². The van der Waals surface area contributed by atoms with E-state index in [2.05, 4.69) is 39.5 Å². The van der Waals surface area contributed by atoms with E-state index in [0.717, 1.165) is 39.2 Å². The fraction of sp³-hybridized carbons (Fsp3) is 0.273. The molecule has 0 spiro atoms. The Bertz CT molecular complexity index is 909. The molecule has 0 fully saturated rings. The third kappa shape index (κ3) is 5.24. The summed E-state index contributed by atoms with van der Waals surface area (Å²) in [6.07, 6.45) is 0. The van der Waals surface area contributed by atoms with Crippen LogP contribution in [-0.4, -0.2) is 34.2 Å². The van der Waals surface area contributed by atoms with Crippen molar-refractivity contribution >= 4 is 11.8 Å². The Kier molecular flexibility index (Phi) is 7.28. The Morgan fingerprint density at radius 2 is 1.82 bits per heavy atom. The van der Waals surface area contributed by atoms with E-state index < -0.39 is 0 Å². The van der Waals surface area contributed by atoms with Crippen molar-refractivity contribution in [3.63, 3.8) is 0 Å². The Labute approximate surface area is 170 Å². The lowest BCUT2D eigenvalue weighted by Crippen LogP contribution is -2.12. The monoisotopic (exact) mass is 395 g/mol. The van der Waals surface area contributed by atoms with E-state index in [4.69, 9.17) is 9.47 Å². The molecule has 0 amide bonds. The molecule has 0 atom stereocenters. The zero-order chi connectivity index (χ0) is 19.8. The van der Waals surface area contributed by atoms with Crippen LogP contribution in [0.2, 0.25) is 0 Å². The third-order valence-corrected chi connectivity index (χ3v) is 5.29. The number of nitrogens with zero attached hydrogens (tertiary/aromatic N) is 3. The first-order chi connectivity index (χ1) is 13.7. The van der Waals surface area contributed by atoms with Gasteiger partial charge >= 0.3 is 0 Å². The van der Waals surface area contributed by atoms with Gasteiger partial charge in [-0.3, -0.25) is 0 Å². The number of aromatic nitrogens is 3. The number of hydrogen-bond acceptors (Lipinski definition) is 5. The first kappa shape index (κ1) is 20.2. The highest BCUT2D eigenvalue weighted by atomic mass is 32.2. The standard InChI is InChI=1S/C22H25N3O2S/c1-17(2)16-28-22-24-23-21(25(22)13-14-26-3)15-27-20-12-8-7-11-19(20)18-9-5-4-6-10-18/h4-12H,1,13-16H2,2-3H3. The lowest BCUT2D eigenvalue weighted by molar-refractivity contribution is 0.181. The highest BCUT2D eigenvalue weighted by Gasteiger charge is 2.14. The zero-order valence-corrected chi connectivity index (χ0v) is 17.1. The minimum atomic E-state index is 0.341. The van der Waals surface area contributed by atoms with Gasteiger partial charge < -0.3 is 14.0 Å². The van der Waals surface area contributed by atoms with E-state index in [1.807, 2.05) is 43.3 Å². The Morgan fingerprint density at radius 3 is 2.57 bits per heavy atom. The van der Waals surface area contributed by atoms with Crippen molar-refractivity contribution in [3.8, 4) is 16.9 Å². The van der Waals surface area contributed by atoms with Crippen LogP contribution in [0.4, 0.5) is 0 Å². The summed E-state index contributed by atoms with van der Waals surface area (Å²) >= 11 is 1.63. The highest BCUT2D eigenvalue weighted by molar-refractivity contribution is 7.99. The van der Waals surface area contributed by atoms with Gasteiger partial charge in [0.2, 0.25) is 0 Å². The molecular weight excluding hydrogens is 370 g/mol. The molecule has 3 rings (SSSR count). The van der Waals surface area contributed by atoms with Crippen LogP contribution < -0.4 is 4.74 Å². The summed E-state index contributed by atoms with van der Waals surface area (Å²) in [4.78, 5) is 0. The largest absolute Gasteiger partial charge is 0.485 e. The second-order valence-electron chi connectivity index (χ2n) is 6.44. The topological polar surface area (TPSA) is 49.2 Å². The van der Waals surface area contributed by atoms with Crippen molar-refractivity contribution < 1.29 is 9.47 Å². The molecule has 1 heterocycles. The van der Waals surface area contributed by atoms with E-state index in [0.29, 0.717) is 19.8 Å². The Balaban J connectivity index is 1.78. The van der Waals surface area contributed by atoms with Crippen LogP contribution in [0.3, 0.4) is 0 Å². The molecule has 0 aliphatic heterocycles. The van der Waals surface area contributed by atoms with Crippen LogP contribution in [0.25, 0.3) is 11.1 Å².